The molecule has 2 aromatic rings. The van der Waals surface area contributed by atoms with E-state index in [4.69, 9.17) is 0 Å². The molecule has 0 unspecified atom stereocenters. The van der Waals surface area contributed by atoms with Crippen molar-refractivity contribution in [2.45, 2.75) is 32.2 Å². The number of aromatic nitrogens is 2. The van der Waals surface area contributed by atoms with Crippen molar-refractivity contribution in [3.05, 3.63) is 54.0 Å². The summed E-state index contributed by atoms with van der Waals surface area (Å²) in [7, 11) is 9.50. The Bertz CT molecular complexity index is 1220. The maximum atomic E-state index is 13.6. The van der Waals surface area contributed by atoms with Crippen LogP contribution in [0, 0.1) is 17.7 Å². The number of benzene rings is 1. The number of rotatable bonds is 15. The second kappa shape index (κ2) is 17.6. The van der Waals surface area contributed by atoms with Gasteiger partial charge in [0, 0.05) is 44.9 Å². The first-order valence-electron chi connectivity index (χ1n) is 13.7. The van der Waals surface area contributed by atoms with E-state index in [9.17, 15) is 14.0 Å². The maximum absolute atomic E-state index is 13.6. The molecule has 11 heteroatoms. The van der Waals surface area contributed by atoms with Crippen LogP contribution in [-0.4, -0.2) is 104 Å². The lowest BCUT2D eigenvalue weighted by Gasteiger charge is -2.23. The third-order valence-electron chi connectivity index (χ3n) is 5.98. The highest BCUT2D eigenvalue weighted by Crippen LogP contribution is 2.18. The van der Waals surface area contributed by atoms with Gasteiger partial charge in [-0.05, 0) is 72.7 Å². The number of nitrogens with zero attached hydrogens (tertiary/aromatic N) is 5. The molecule has 1 aromatic carbocycles. The number of hydrogen-bond acceptors (Lipinski definition) is 8. The fourth-order valence-electron chi connectivity index (χ4n) is 3.51. The van der Waals surface area contributed by atoms with E-state index in [0.717, 1.165) is 13.0 Å². The molecule has 0 saturated heterocycles. The zero-order valence-electron chi connectivity index (χ0n) is 25.0. The molecule has 1 aromatic heterocycles. The van der Waals surface area contributed by atoms with E-state index < -0.39 is 6.04 Å². The van der Waals surface area contributed by atoms with Crippen molar-refractivity contribution in [2.75, 3.05) is 72.1 Å². The molecule has 2 amide bonds. The van der Waals surface area contributed by atoms with Gasteiger partial charge >= 0.3 is 0 Å². The maximum Gasteiger partial charge on any atom is 0.246 e. The van der Waals surface area contributed by atoms with Crippen LogP contribution in [0.2, 0.25) is 0 Å². The van der Waals surface area contributed by atoms with Gasteiger partial charge in [-0.25, -0.2) is 9.37 Å². The van der Waals surface area contributed by atoms with E-state index in [2.05, 4.69) is 42.7 Å². The Hall–Kier alpha value is -4.01. The first-order valence-corrected chi connectivity index (χ1v) is 13.7. The summed E-state index contributed by atoms with van der Waals surface area (Å²) >= 11 is 0. The summed E-state index contributed by atoms with van der Waals surface area (Å²) in [4.78, 5) is 39.1. The van der Waals surface area contributed by atoms with Gasteiger partial charge in [0.2, 0.25) is 17.8 Å². The summed E-state index contributed by atoms with van der Waals surface area (Å²) < 4.78 is 13.6. The second-order valence-electron chi connectivity index (χ2n) is 10.2. The van der Waals surface area contributed by atoms with Gasteiger partial charge in [0.1, 0.15) is 17.7 Å². The molecule has 0 aliphatic rings. The lowest BCUT2D eigenvalue weighted by atomic mass is 10.2. The number of nitrogens with one attached hydrogen (secondary N) is 3. The van der Waals surface area contributed by atoms with Gasteiger partial charge < -0.3 is 30.7 Å². The van der Waals surface area contributed by atoms with Crippen LogP contribution in [0.4, 0.5) is 21.8 Å². The molecule has 0 fully saturated rings. The van der Waals surface area contributed by atoms with Crippen molar-refractivity contribution in [1.29, 1.82) is 0 Å². The minimum Gasteiger partial charge on any atom is -0.369 e. The normalized spacial score (nSPS) is 11.7. The summed E-state index contributed by atoms with van der Waals surface area (Å²) in [6.07, 6.45) is 7.02. The van der Waals surface area contributed by atoms with Gasteiger partial charge in [0.05, 0.1) is 11.8 Å². The predicted octanol–water partition coefficient (Wildman–Crippen LogP) is 2.94. The SMILES string of the molecule is C[C@@H](C(=O)NCCCC#Cc1cnc(Nc2cccc(F)c2)nc1NCCCN(C)C)N(C)C(=O)/C=C/CN(C)C. The predicted molar refractivity (Wildman–Crippen MR) is 162 cm³/mol. The van der Waals surface area contributed by atoms with E-state index in [1.807, 2.05) is 33.1 Å². The largest absolute Gasteiger partial charge is 0.369 e. The lowest BCUT2D eigenvalue weighted by molar-refractivity contribution is -0.135. The number of likely N-dealkylation sites (N-methyl/N-ethyl adjacent to an activating group) is 2. The van der Waals surface area contributed by atoms with E-state index in [0.29, 0.717) is 55.5 Å². The highest BCUT2D eigenvalue weighted by molar-refractivity contribution is 5.92. The first kappa shape index (κ1) is 33.2. The van der Waals surface area contributed by atoms with Crippen LogP contribution < -0.4 is 16.0 Å². The van der Waals surface area contributed by atoms with Gasteiger partial charge in [0.25, 0.3) is 0 Å². The van der Waals surface area contributed by atoms with E-state index in [1.54, 1.807) is 38.4 Å². The highest BCUT2D eigenvalue weighted by atomic mass is 19.1. The summed E-state index contributed by atoms with van der Waals surface area (Å²) in [6, 6.07) is 5.52. The molecule has 0 radical (unpaired) electrons. The van der Waals surface area contributed by atoms with Crippen molar-refractivity contribution in [3.8, 4) is 11.8 Å². The number of unbranched alkanes of at least 4 members (excludes halogenated alkanes) is 1. The lowest BCUT2D eigenvalue weighted by Crippen LogP contribution is -2.45. The van der Waals surface area contributed by atoms with Gasteiger partial charge in [-0.3, -0.25) is 9.59 Å². The number of amides is 2. The standard InChI is InChI=1S/C30H43FN8O2/c1-23(39(6)27(40)16-11-19-37(2)3)29(41)33-17-9-7-8-13-24-22-34-30(35-26-15-10-14-25(31)21-26)36-28(24)32-18-12-20-38(4)5/h10-11,14-16,21-23H,7,9,12,17-20H2,1-6H3,(H,33,41)(H2,32,34,35,36)/b16-11+/t23-/m0/s1. The van der Waals surface area contributed by atoms with Crippen LogP contribution in [0.1, 0.15) is 31.7 Å². The number of hydrogen-bond donors (Lipinski definition) is 3. The van der Waals surface area contributed by atoms with Gasteiger partial charge in [0.15, 0.2) is 0 Å². The topological polar surface area (TPSA) is 106 Å². The number of carbonyl (C=O) groups is 2. The van der Waals surface area contributed by atoms with Crippen molar-refractivity contribution < 1.29 is 14.0 Å². The molecule has 41 heavy (non-hydrogen) atoms. The van der Waals surface area contributed by atoms with Crippen LogP contribution in [-0.2, 0) is 9.59 Å². The molecule has 0 aliphatic carbocycles. The molecular weight excluding hydrogens is 523 g/mol. The number of anilines is 3. The first-order chi connectivity index (χ1) is 19.6. The Kier molecular flexibility index (Phi) is 14.3. The van der Waals surface area contributed by atoms with Crippen LogP contribution in [0.15, 0.2) is 42.6 Å². The molecule has 0 saturated carbocycles. The van der Waals surface area contributed by atoms with Crippen LogP contribution in [0.5, 0.6) is 0 Å². The zero-order chi connectivity index (χ0) is 30.2. The summed E-state index contributed by atoms with van der Waals surface area (Å²) in [5.41, 5.74) is 1.20. The average Bonchev–Trinajstić information content (AvgIpc) is 2.92. The molecule has 222 valence electrons. The number of carbonyl (C=O) groups excluding carboxylic acids is 2. The third-order valence-corrected chi connectivity index (χ3v) is 5.98. The molecule has 0 bridgehead atoms. The van der Waals surface area contributed by atoms with Gasteiger partial charge in [-0.2, -0.15) is 4.98 Å². The van der Waals surface area contributed by atoms with E-state index in [-0.39, 0.29) is 17.6 Å². The highest BCUT2D eigenvalue weighted by Gasteiger charge is 2.20. The Morgan fingerprint density at radius 2 is 1.88 bits per heavy atom. The summed E-state index contributed by atoms with van der Waals surface area (Å²) in [6.45, 7) is 4.42. The van der Waals surface area contributed by atoms with Crippen LogP contribution in [0.3, 0.4) is 0 Å². The van der Waals surface area contributed by atoms with Gasteiger partial charge in [-0.1, -0.05) is 24.0 Å². The Morgan fingerprint density at radius 1 is 1.10 bits per heavy atom. The Morgan fingerprint density at radius 3 is 2.59 bits per heavy atom. The van der Waals surface area contributed by atoms with Crippen LogP contribution >= 0.6 is 0 Å². The molecule has 3 N–H and O–H groups in total. The fraction of sp³-hybridized carbons (Fsp3) is 0.467. The minimum atomic E-state index is -0.588. The summed E-state index contributed by atoms with van der Waals surface area (Å²) in [5, 5.41) is 9.23. The molecule has 1 heterocycles. The monoisotopic (exact) mass is 566 g/mol. The average molecular weight is 567 g/mol. The Labute approximate surface area is 243 Å². The summed E-state index contributed by atoms with van der Waals surface area (Å²) in [5.74, 6) is 6.40. The molecule has 0 spiro atoms. The van der Waals surface area contributed by atoms with Gasteiger partial charge in [-0.15, -0.1) is 0 Å². The van der Waals surface area contributed by atoms with Crippen molar-refractivity contribution >= 4 is 29.3 Å². The fourth-order valence-corrected chi connectivity index (χ4v) is 3.51. The molecular formula is C30H43FN8O2. The molecule has 0 aliphatic heterocycles. The number of halogens is 1. The van der Waals surface area contributed by atoms with E-state index >= 15 is 0 Å². The third kappa shape index (κ3) is 12.8. The smallest absolute Gasteiger partial charge is 0.246 e. The Balaban J connectivity index is 1.92. The zero-order valence-corrected chi connectivity index (χ0v) is 25.0. The molecule has 2 rings (SSSR count). The molecule has 10 nitrogen and oxygen atoms in total. The van der Waals surface area contributed by atoms with Crippen molar-refractivity contribution in [2.24, 2.45) is 0 Å². The molecule has 1 atom stereocenters. The van der Waals surface area contributed by atoms with Crippen molar-refractivity contribution in [3.63, 3.8) is 0 Å². The quantitative estimate of drug-likeness (QED) is 0.172. The van der Waals surface area contributed by atoms with Crippen LogP contribution in [0.25, 0.3) is 0 Å². The minimum absolute atomic E-state index is 0.214. The second-order valence-corrected chi connectivity index (χ2v) is 10.2. The van der Waals surface area contributed by atoms with Crippen molar-refractivity contribution in [1.82, 2.24) is 30.0 Å². The van der Waals surface area contributed by atoms with E-state index in [1.165, 1.54) is 23.1 Å².